The summed E-state index contributed by atoms with van der Waals surface area (Å²) >= 11 is 7.74. The first-order chi connectivity index (χ1) is 19.4. The molecule has 2 amide bonds. The van der Waals surface area contributed by atoms with Crippen LogP contribution >= 0.6 is 23.4 Å². The maximum Gasteiger partial charge on any atom is 0.251 e. The highest BCUT2D eigenvalue weighted by atomic mass is 35.5. The molecule has 8 nitrogen and oxygen atoms in total. The van der Waals surface area contributed by atoms with Gasteiger partial charge < -0.3 is 19.7 Å². The van der Waals surface area contributed by atoms with Crippen LogP contribution in [0, 0.1) is 13.8 Å². The first-order valence-electron chi connectivity index (χ1n) is 12.6. The number of carbonyl (C=O) groups is 2. The predicted octanol–water partition coefficient (Wildman–Crippen LogP) is 5.98. The van der Waals surface area contributed by atoms with Crippen molar-refractivity contribution in [2.75, 3.05) is 17.9 Å². The molecule has 1 N–H and O–H groups in total. The number of nitrogens with one attached hydrogen (secondary N) is 1. The van der Waals surface area contributed by atoms with Crippen molar-refractivity contribution < 1.29 is 19.1 Å². The van der Waals surface area contributed by atoms with Crippen LogP contribution in [0.4, 0.5) is 5.69 Å². The number of hydrogen-bond acceptors (Lipinski definition) is 7. The maximum absolute atomic E-state index is 14.0. The van der Waals surface area contributed by atoms with Gasteiger partial charge in [-0.05, 0) is 49.2 Å². The summed E-state index contributed by atoms with van der Waals surface area (Å²) in [7, 11) is 0. The van der Waals surface area contributed by atoms with Crippen LogP contribution in [0.2, 0.25) is 5.02 Å². The zero-order valence-corrected chi connectivity index (χ0v) is 23.5. The highest BCUT2D eigenvalue weighted by Gasteiger charge is 2.32. The van der Waals surface area contributed by atoms with Gasteiger partial charge in [0.2, 0.25) is 12.7 Å². The third kappa shape index (κ3) is 6.55. The second-order valence-electron chi connectivity index (χ2n) is 9.21. The molecule has 0 bridgehead atoms. The van der Waals surface area contributed by atoms with Crippen molar-refractivity contribution in [2.45, 2.75) is 31.6 Å². The van der Waals surface area contributed by atoms with Crippen molar-refractivity contribution in [3.8, 4) is 11.5 Å². The fraction of sp³-hybridized carbons (Fsp3) is 0.200. The molecule has 0 radical (unpaired) electrons. The molecule has 0 unspecified atom stereocenters. The van der Waals surface area contributed by atoms with Gasteiger partial charge in [-0.3, -0.25) is 9.59 Å². The molecule has 204 valence electrons. The van der Waals surface area contributed by atoms with Crippen LogP contribution in [-0.2, 0) is 16.1 Å². The lowest BCUT2D eigenvalue weighted by atomic mass is 10.0. The van der Waals surface area contributed by atoms with Gasteiger partial charge in [0.1, 0.15) is 6.04 Å². The smallest absolute Gasteiger partial charge is 0.251 e. The van der Waals surface area contributed by atoms with Crippen molar-refractivity contribution >= 4 is 40.9 Å². The first kappa shape index (κ1) is 27.5. The monoisotopic (exact) mass is 574 g/mol. The molecule has 5 rings (SSSR count). The van der Waals surface area contributed by atoms with E-state index in [1.54, 1.807) is 29.2 Å². The summed E-state index contributed by atoms with van der Waals surface area (Å²) in [5, 5.41) is 3.97. The van der Waals surface area contributed by atoms with Crippen molar-refractivity contribution in [3.05, 3.63) is 106 Å². The van der Waals surface area contributed by atoms with Crippen molar-refractivity contribution in [2.24, 2.45) is 0 Å². The van der Waals surface area contributed by atoms with Crippen molar-refractivity contribution in [1.29, 1.82) is 0 Å². The fourth-order valence-corrected chi connectivity index (χ4v) is 5.43. The van der Waals surface area contributed by atoms with E-state index in [-0.39, 0.29) is 30.9 Å². The number of ether oxygens (including phenoxy) is 2. The van der Waals surface area contributed by atoms with E-state index in [4.69, 9.17) is 21.1 Å². The zero-order valence-electron chi connectivity index (χ0n) is 22.0. The molecule has 3 aromatic carbocycles. The molecule has 4 aromatic rings. The minimum atomic E-state index is -0.948. The molecule has 10 heteroatoms. The molecule has 1 atom stereocenters. The lowest BCUT2D eigenvalue weighted by Gasteiger charge is -2.32. The second-order valence-corrected chi connectivity index (χ2v) is 10.6. The number of aromatic nitrogens is 2. The molecular formula is C30H27ClN4O4S. The Morgan fingerprint density at radius 1 is 0.950 bits per heavy atom. The topological polar surface area (TPSA) is 93.7 Å². The Kier molecular flexibility index (Phi) is 8.52. The number of hydrogen-bond donors (Lipinski definition) is 1. The Balaban J connectivity index is 1.48. The molecule has 1 aliphatic rings. The van der Waals surface area contributed by atoms with E-state index in [1.165, 1.54) is 11.8 Å². The third-order valence-electron chi connectivity index (χ3n) is 6.22. The lowest BCUT2D eigenvalue weighted by Crippen LogP contribution is -2.42. The number of nitrogens with zero attached hydrogens (tertiary/aromatic N) is 3. The van der Waals surface area contributed by atoms with Crippen molar-refractivity contribution in [3.63, 3.8) is 0 Å². The minimum absolute atomic E-state index is 0.0357. The van der Waals surface area contributed by atoms with Gasteiger partial charge in [0.05, 0.1) is 5.75 Å². The van der Waals surface area contributed by atoms with Crippen LogP contribution in [0.1, 0.15) is 28.6 Å². The molecule has 0 aliphatic carbocycles. The molecule has 0 fully saturated rings. The van der Waals surface area contributed by atoms with Crippen LogP contribution in [0.3, 0.4) is 0 Å². The minimum Gasteiger partial charge on any atom is -0.454 e. The first-order valence-corrected chi connectivity index (χ1v) is 14.0. The number of anilines is 1. The summed E-state index contributed by atoms with van der Waals surface area (Å²) in [6.07, 6.45) is 0. The predicted molar refractivity (Wildman–Crippen MR) is 155 cm³/mol. The van der Waals surface area contributed by atoms with Gasteiger partial charge in [0.15, 0.2) is 16.7 Å². The number of carbonyl (C=O) groups excluding carboxylic acids is 2. The summed E-state index contributed by atoms with van der Waals surface area (Å²) in [5.74, 6) is 0.552. The number of thioether (sulfide) groups is 1. The van der Waals surface area contributed by atoms with Gasteiger partial charge in [-0.2, -0.15) is 0 Å². The maximum atomic E-state index is 14.0. The van der Waals surface area contributed by atoms with Crippen LogP contribution in [-0.4, -0.2) is 39.2 Å². The second kappa shape index (κ2) is 12.4. The lowest BCUT2D eigenvalue weighted by molar-refractivity contribution is -0.137. The molecule has 40 heavy (non-hydrogen) atoms. The van der Waals surface area contributed by atoms with Crippen LogP contribution < -0.4 is 14.8 Å². The Morgan fingerprint density at radius 2 is 1.65 bits per heavy atom. The quantitative estimate of drug-likeness (QED) is 0.194. The van der Waals surface area contributed by atoms with Gasteiger partial charge in [0, 0.05) is 34.7 Å². The number of benzene rings is 3. The fourth-order valence-electron chi connectivity index (χ4n) is 4.39. The summed E-state index contributed by atoms with van der Waals surface area (Å²) in [5.41, 5.74) is 3.55. The van der Waals surface area contributed by atoms with Gasteiger partial charge in [-0.1, -0.05) is 71.9 Å². The normalized spacial score (nSPS) is 12.6. The number of fused-ring (bicyclic) bond motifs is 1. The van der Waals surface area contributed by atoms with E-state index < -0.39 is 6.04 Å². The van der Waals surface area contributed by atoms with Crippen LogP contribution in [0.25, 0.3) is 0 Å². The molecule has 1 aliphatic heterocycles. The van der Waals surface area contributed by atoms with E-state index in [9.17, 15) is 9.59 Å². The Morgan fingerprint density at radius 3 is 2.40 bits per heavy atom. The Bertz CT molecular complexity index is 1520. The van der Waals surface area contributed by atoms with E-state index in [1.807, 2.05) is 68.4 Å². The highest BCUT2D eigenvalue weighted by Crippen LogP contribution is 2.35. The molecule has 1 aromatic heterocycles. The zero-order chi connectivity index (χ0) is 28.1. The molecule has 0 spiro atoms. The molecule has 2 heterocycles. The van der Waals surface area contributed by atoms with Crippen LogP contribution in [0.5, 0.6) is 11.5 Å². The van der Waals surface area contributed by atoms with E-state index in [0.717, 1.165) is 17.0 Å². The summed E-state index contributed by atoms with van der Waals surface area (Å²) < 4.78 is 10.9. The summed E-state index contributed by atoms with van der Waals surface area (Å²) in [6, 6.07) is 22.6. The van der Waals surface area contributed by atoms with E-state index in [2.05, 4.69) is 15.3 Å². The number of rotatable bonds is 9. The third-order valence-corrected chi connectivity index (χ3v) is 7.42. The molecule has 0 saturated heterocycles. The summed E-state index contributed by atoms with van der Waals surface area (Å²) in [6.45, 7) is 4.02. The Labute approximate surface area is 241 Å². The van der Waals surface area contributed by atoms with E-state index in [0.29, 0.717) is 32.9 Å². The highest BCUT2D eigenvalue weighted by molar-refractivity contribution is 7.99. The Hall–Kier alpha value is -4.08. The van der Waals surface area contributed by atoms with Crippen molar-refractivity contribution in [1.82, 2.24) is 14.9 Å². The average molecular weight is 575 g/mol. The van der Waals surface area contributed by atoms with Gasteiger partial charge >= 0.3 is 0 Å². The van der Waals surface area contributed by atoms with Gasteiger partial charge in [-0.15, -0.1) is 0 Å². The van der Waals surface area contributed by atoms with Crippen LogP contribution in [0.15, 0.2) is 84.0 Å². The molecular weight excluding hydrogens is 548 g/mol. The summed E-state index contributed by atoms with van der Waals surface area (Å²) in [4.78, 5) is 38.3. The standard InChI is InChI=1S/C30H27ClN4O4S/c1-19-14-20(2)33-30(32-19)40-17-27(36)35(16-22-10-6-7-11-24(22)31)28(21-8-4-3-5-9-21)29(37)34-23-12-13-25-26(15-23)39-18-38-25/h3-15,28H,16-18H2,1-2H3,(H,34,37)/t28-/m0/s1. The SMILES string of the molecule is Cc1cc(C)nc(SCC(=O)N(Cc2ccccc2Cl)[C@H](C(=O)Nc2ccc3c(c2)OCO3)c2ccccc2)n1. The number of halogens is 1. The molecule has 0 saturated carbocycles. The van der Waals surface area contributed by atoms with Gasteiger partial charge in [-0.25, -0.2) is 9.97 Å². The largest absolute Gasteiger partial charge is 0.454 e. The average Bonchev–Trinajstić information content (AvgIpc) is 3.40. The van der Waals surface area contributed by atoms with Gasteiger partial charge in [0.25, 0.3) is 5.91 Å². The van der Waals surface area contributed by atoms with E-state index >= 15 is 0 Å². The number of amides is 2. The number of aryl methyl sites for hydroxylation is 2.